The first kappa shape index (κ1) is 16.6. The zero-order valence-electron chi connectivity index (χ0n) is 15.8. The van der Waals surface area contributed by atoms with Crippen molar-refractivity contribution in [2.45, 2.75) is 77.4 Å². The van der Waals surface area contributed by atoms with E-state index in [-0.39, 0.29) is 11.2 Å². The summed E-state index contributed by atoms with van der Waals surface area (Å²) >= 11 is 0. The first-order chi connectivity index (χ1) is 12.0. The van der Waals surface area contributed by atoms with Gasteiger partial charge in [-0.3, -0.25) is 0 Å². The smallest absolute Gasteiger partial charge is 0.174 e. The zero-order valence-corrected chi connectivity index (χ0v) is 15.8. The Morgan fingerprint density at radius 3 is 2.48 bits per heavy atom. The summed E-state index contributed by atoms with van der Waals surface area (Å²) in [6.07, 6.45) is 10.8. The number of hydrogen-bond acceptors (Lipinski definition) is 4. The molecular weight excluding hydrogens is 314 g/mol. The molecule has 0 bridgehead atoms. The molecule has 0 unspecified atom stereocenters. The van der Waals surface area contributed by atoms with E-state index in [9.17, 15) is 5.21 Å². The lowest BCUT2D eigenvalue weighted by molar-refractivity contribution is -0.246. The summed E-state index contributed by atoms with van der Waals surface area (Å²) in [5.74, 6) is 2.87. The second-order valence-electron chi connectivity index (χ2n) is 9.97. The molecule has 1 spiro atoms. The molecule has 4 saturated carbocycles. The van der Waals surface area contributed by atoms with Crippen LogP contribution in [0, 0.1) is 34.5 Å². The number of rotatable bonds is 0. The van der Waals surface area contributed by atoms with Crippen molar-refractivity contribution in [3.8, 4) is 0 Å². The molecule has 4 aliphatic carbocycles. The maximum atomic E-state index is 9.23. The fraction of sp³-hybridized carbons (Fsp3) is 0.952. The molecule has 1 N–H and O–H groups in total. The van der Waals surface area contributed by atoms with Gasteiger partial charge < -0.3 is 14.7 Å². The van der Waals surface area contributed by atoms with Gasteiger partial charge in [-0.25, -0.2) is 0 Å². The summed E-state index contributed by atoms with van der Waals surface area (Å²) in [6, 6.07) is 0. The summed E-state index contributed by atoms with van der Waals surface area (Å²) in [6.45, 7) is 6.58. The lowest BCUT2D eigenvalue weighted by atomic mass is 9.45. The Kier molecular flexibility index (Phi) is 3.61. The molecule has 4 nitrogen and oxygen atoms in total. The molecule has 4 heteroatoms. The van der Waals surface area contributed by atoms with E-state index in [4.69, 9.17) is 9.47 Å². The van der Waals surface area contributed by atoms with Crippen LogP contribution in [-0.2, 0) is 9.47 Å². The van der Waals surface area contributed by atoms with E-state index in [2.05, 4.69) is 19.0 Å². The molecule has 0 radical (unpaired) electrons. The van der Waals surface area contributed by atoms with Gasteiger partial charge in [0.1, 0.15) is 0 Å². The quantitative estimate of drug-likeness (QED) is 0.514. The fourth-order valence-corrected chi connectivity index (χ4v) is 8.04. The number of fused-ring (bicyclic) bond motifs is 6. The SMILES string of the molecule is C[C@]12CC/C(=N\O)C[C@@H]1CC[C@@H]1[C@@H]2CC[C@@]2(C)[C@H]1CCC21OCCO1. The summed E-state index contributed by atoms with van der Waals surface area (Å²) in [4.78, 5) is 0. The Morgan fingerprint density at radius 2 is 1.72 bits per heavy atom. The first-order valence-electron chi connectivity index (χ1n) is 10.5. The molecule has 6 atom stereocenters. The lowest BCUT2D eigenvalue weighted by Crippen LogP contribution is -2.56. The van der Waals surface area contributed by atoms with Crippen molar-refractivity contribution in [3.05, 3.63) is 0 Å². The Hall–Kier alpha value is -0.610. The fourth-order valence-electron chi connectivity index (χ4n) is 8.04. The molecule has 5 rings (SSSR count). The van der Waals surface area contributed by atoms with Crippen LogP contribution in [0.4, 0.5) is 0 Å². The molecule has 5 fully saturated rings. The van der Waals surface area contributed by atoms with Gasteiger partial charge in [0.25, 0.3) is 0 Å². The third-order valence-corrected chi connectivity index (χ3v) is 9.44. The first-order valence-corrected chi connectivity index (χ1v) is 10.5. The van der Waals surface area contributed by atoms with Gasteiger partial charge in [0, 0.05) is 11.8 Å². The maximum Gasteiger partial charge on any atom is 0.174 e. The molecule has 0 aromatic rings. The van der Waals surface area contributed by atoms with Gasteiger partial charge in [-0.2, -0.15) is 0 Å². The summed E-state index contributed by atoms with van der Waals surface area (Å²) < 4.78 is 12.5. The Balaban J connectivity index is 1.44. The van der Waals surface area contributed by atoms with Crippen LogP contribution in [0.1, 0.15) is 71.6 Å². The molecular formula is C21H33NO3. The van der Waals surface area contributed by atoms with Crippen molar-refractivity contribution in [1.29, 1.82) is 0 Å². The Bertz CT molecular complexity index is 584. The molecule has 140 valence electrons. The van der Waals surface area contributed by atoms with E-state index < -0.39 is 0 Å². The molecule has 1 saturated heterocycles. The van der Waals surface area contributed by atoms with Crippen LogP contribution < -0.4 is 0 Å². The van der Waals surface area contributed by atoms with Crippen LogP contribution in [0.2, 0.25) is 0 Å². The summed E-state index contributed by atoms with van der Waals surface area (Å²) in [5, 5.41) is 12.8. The van der Waals surface area contributed by atoms with Crippen LogP contribution in [0.5, 0.6) is 0 Å². The predicted octanol–water partition coefficient (Wildman–Crippen LogP) is 4.60. The third kappa shape index (κ3) is 2.04. The highest BCUT2D eigenvalue weighted by Crippen LogP contribution is 2.69. The zero-order chi connectivity index (χ0) is 17.3. The van der Waals surface area contributed by atoms with Gasteiger partial charge in [0.2, 0.25) is 0 Å². The minimum Gasteiger partial charge on any atom is -0.411 e. The highest BCUT2D eigenvalue weighted by molar-refractivity contribution is 5.85. The predicted molar refractivity (Wildman–Crippen MR) is 95.6 cm³/mol. The lowest BCUT2D eigenvalue weighted by Gasteiger charge is -2.61. The second-order valence-corrected chi connectivity index (χ2v) is 9.97. The van der Waals surface area contributed by atoms with E-state index in [1.54, 1.807) is 0 Å². The Labute approximate surface area is 151 Å². The molecule has 25 heavy (non-hydrogen) atoms. The van der Waals surface area contributed by atoms with Gasteiger partial charge in [0.15, 0.2) is 5.79 Å². The van der Waals surface area contributed by atoms with Gasteiger partial charge in [-0.05, 0) is 80.5 Å². The molecule has 1 heterocycles. The largest absolute Gasteiger partial charge is 0.411 e. The maximum absolute atomic E-state index is 9.23. The van der Waals surface area contributed by atoms with Crippen LogP contribution in [0.25, 0.3) is 0 Å². The van der Waals surface area contributed by atoms with Crippen molar-refractivity contribution in [3.63, 3.8) is 0 Å². The van der Waals surface area contributed by atoms with Crippen molar-refractivity contribution >= 4 is 5.71 Å². The Morgan fingerprint density at radius 1 is 0.960 bits per heavy atom. The minimum atomic E-state index is -0.274. The number of oxime groups is 1. The monoisotopic (exact) mass is 347 g/mol. The standard InChI is InChI=1S/C21H33NO3/c1-19-8-5-15(22-23)13-14(19)3-4-16-17(19)6-9-20(2)18(16)7-10-21(20)24-11-12-25-21/h14,16-18,23H,3-13H2,1-2H3/b22-15+/t14-,16+,17-,18-,19-,20-/m0/s1. The normalized spacial score (nSPS) is 52.8. The minimum absolute atomic E-state index is 0.209. The van der Waals surface area contributed by atoms with Crippen molar-refractivity contribution in [2.24, 2.45) is 39.7 Å². The van der Waals surface area contributed by atoms with Crippen LogP contribution in [-0.4, -0.2) is 29.9 Å². The van der Waals surface area contributed by atoms with Gasteiger partial charge in [0.05, 0.1) is 18.9 Å². The molecule has 1 aliphatic heterocycles. The van der Waals surface area contributed by atoms with E-state index in [1.807, 2.05) is 0 Å². The van der Waals surface area contributed by atoms with Crippen molar-refractivity contribution < 1.29 is 14.7 Å². The van der Waals surface area contributed by atoms with Crippen molar-refractivity contribution in [2.75, 3.05) is 13.2 Å². The molecule has 0 aromatic heterocycles. The van der Waals surface area contributed by atoms with E-state index in [0.29, 0.717) is 11.3 Å². The van der Waals surface area contributed by atoms with E-state index in [0.717, 1.165) is 55.9 Å². The third-order valence-electron chi connectivity index (χ3n) is 9.44. The van der Waals surface area contributed by atoms with Crippen molar-refractivity contribution in [1.82, 2.24) is 0 Å². The van der Waals surface area contributed by atoms with Gasteiger partial charge in [-0.15, -0.1) is 0 Å². The molecule has 0 aromatic carbocycles. The van der Waals surface area contributed by atoms with Crippen LogP contribution in [0.3, 0.4) is 0 Å². The van der Waals surface area contributed by atoms with Crippen LogP contribution in [0.15, 0.2) is 5.16 Å². The number of nitrogens with zero attached hydrogens (tertiary/aromatic N) is 1. The highest BCUT2D eigenvalue weighted by atomic mass is 16.7. The highest BCUT2D eigenvalue weighted by Gasteiger charge is 2.67. The summed E-state index contributed by atoms with van der Waals surface area (Å²) in [7, 11) is 0. The van der Waals surface area contributed by atoms with Gasteiger partial charge >= 0.3 is 0 Å². The number of ether oxygens (including phenoxy) is 2. The number of hydrogen-bond donors (Lipinski definition) is 1. The average Bonchev–Trinajstić information content (AvgIpc) is 3.21. The molecule has 5 aliphatic rings. The van der Waals surface area contributed by atoms with Gasteiger partial charge in [-0.1, -0.05) is 19.0 Å². The molecule has 0 amide bonds. The average molecular weight is 347 g/mol. The van der Waals surface area contributed by atoms with E-state index >= 15 is 0 Å². The van der Waals surface area contributed by atoms with E-state index in [1.165, 1.54) is 38.5 Å². The second kappa shape index (κ2) is 5.45. The topological polar surface area (TPSA) is 51.1 Å². The summed E-state index contributed by atoms with van der Waals surface area (Å²) in [5.41, 5.74) is 1.68. The van der Waals surface area contributed by atoms with Crippen LogP contribution >= 0.6 is 0 Å².